The predicted octanol–water partition coefficient (Wildman–Crippen LogP) is 17.3. The minimum Gasteiger partial charge on any atom is -0.294 e. The van der Waals surface area contributed by atoms with Crippen LogP contribution in [0.4, 0.5) is 0 Å². The molecule has 0 aliphatic rings. The van der Waals surface area contributed by atoms with Crippen molar-refractivity contribution in [2.24, 2.45) is 0 Å². The summed E-state index contributed by atoms with van der Waals surface area (Å²) in [5, 5.41) is 13.6. The summed E-state index contributed by atoms with van der Waals surface area (Å²) in [4.78, 5) is 22.6. The van der Waals surface area contributed by atoms with Crippen LogP contribution < -0.4 is 0 Å². The molecule has 17 rings (SSSR count). The van der Waals surface area contributed by atoms with Crippen LogP contribution in [0.3, 0.4) is 0 Å². The molecule has 0 saturated heterocycles. The monoisotopic (exact) mass is 994 g/mol. The minimum absolute atomic E-state index is 0.549. The van der Waals surface area contributed by atoms with Crippen LogP contribution >= 0.6 is 0 Å². The maximum atomic E-state index is 5.70. The molecule has 0 unspecified atom stereocenters. The largest absolute Gasteiger partial charge is 0.294 e. The van der Waals surface area contributed by atoms with Gasteiger partial charge in [-0.15, -0.1) is 0 Å². The Kier molecular flexibility index (Phi) is 8.96. The van der Waals surface area contributed by atoms with Gasteiger partial charge in [-0.25, -0.2) is 9.97 Å². The normalized spacial score (nSPS) is 12.1. The van der Waals surface area contributed by atoms with Gasteiger partial charge in [0.25, 0.3) is 0 Å². The van der Waals surface area contributed by atoms with Crippen LogP contribution in [0.25, 0.3) is 155 Å². The number of aromatic nitrogens is 8. The van der Waals surface area contributed by atoms with Gasteiger partial charge < -0.3 is 0 Å². The number of rotatable bonds is 6. The number of benzene rings is 11. The lowest BCUT2D eigenvalue weighted by molar-refractivity contribution is 0.918. The van der Waals surface area contributed by atoms with Gasteiger partial charge in [-0.1, -0.05) is 188 Å². The Morgan fingerprint density at radius 1 is 0.231 bits per heavy atom. The van der Waals surface area contributed by atoms with Crippen molar-refractivity contribution >= 4 is 109 Å². The Balaban J connectivity index is 0.979. The Bertz CT molecular complexity index is 5030. The zero-order valence-corrected chi connectivity index (χ0v) is 41.8. The third-order valence-corrected chi connectivity index (χ3v) is 16.0. The number of nitrogens with zero attached hydrogens (tertiary/aromatic N) is 8. The first kappa shape index (κ1) is 42.6. The maximum absolute atomic E-state index is 5.70. The molecule has 11 aromatic carbocycles. The van der Waals surface area contributed by atoms with Gasteiger partial charge in [-0.2, -0.15) is 9.97 Å². The van der Waals surface area contributed by atoms with E-state index >= 15 is 0 Å². The van der Waals surface area contributed by atoms with E-state index in [0.717, 1.165) is 132 Å². The van der Waals surface area contributed by atoms with Crippen LogP contribution in [0.2, 0.25) is 0 Å². The number of hydrogen-bond acceptors (Lipinski definition) is 4. The van der Waals surface area contributed by atoms with Crippen molar-refractivity contribution in [2.75, 3.05) is 0 Å². The lowest BCUT2D eigenvalue weighted by Crippen LogP contribution is -2.10. The highest BCUT2D eigenvalue weighted by Crippen LogP contribution is 2.43. The van der Waals surface area contributed by atoms with Crippen LogP contribution in [0.1, 0.15) is 0 Å². The van der Waals surface area contributed by atoms with Crippen LogP contribution in [0.15, 0.2) is 255 Å². The predicted molar refractivity (Wildman–Crippen MR) is 321 cm³/mol. The summed E-state index contributed by atoms with van der Waals surface area (Å²) < 4.78 is 9.14. The van der Waals surface area contributed by atoms with E-state index in [0.29, 0.717) is 11.9 Å². The van der Waals surface area contributed by atoms with E-state index in [-0.39, 0.29) is 0 Å². The van der Waals surface area contributed by atoms with Crippen LogP contribution in [0, 0.1) is 0 Å². The summed E-state index contributed by atoms with van der Waals surface area (Å²) in [5.41, 5.74) is 11.9. The fraction of sp³-hybridized carbons (Fsp3) is 0. The maximum Gasteiger partial charge on any atom is 0.238 e. The van der Waals surface area contributed by atoms with Crippen molar-refractivity contribution in [3.8, 4) is 46.0 Å². The van der Waals surface area contributed by atoms with Gasteiger partial charge in [0, 0.05) is 60.3 Å². The smallest absolute Gasteiger partial charge is 0.238 e. The third-order valence-electron chi connectivity index (χ3n) is 16.0. The Morgan fingerprint density at radius 2 is 0.603 bits per heavy atom. The fourth-order valence-corrected chi connectivity index (χ4v) is 12.5. The van der Waals surface area contributed by atoms with E-state index in [1.807, 2.05) is 0 Å². The number of fused-ring (bicyclic) bond motifs is 15. The van der Waals surface area contributed by atoms with Crippen molar-refractivity contribution in [3.63, 3.8) is 0 Å². The van der Waals surface area contributed by atoms with Crippen LogP contribution in [0.5, 0.6) is 0 Å². The van der Waals surface area contributed by atoms with Gasteiger partial charge in [-0.05, 0) is 82.2 Å². The second-order valence-corrected chi connectivity index (χ2v) is 20.2. The van der Waals surface area contributed by atoms with Gasteiger partial charge in [-0.3, -0.25) is 18.3 Å². The van der Waals surface area contributed by atoms with Crippen molar-refractivity contribution < 1.29 is 0 Å². The standard InChI is InChI=1S/C70H42N8/c1-3-19-45-39-47(35-33-43(45)17-1)56-41-57(48-36-34-44-18-2-4-20-46(44)40-48)72-69(71-56)78-62-31-15-9-25-53(62)54-37-38-64-67(68(54)78)55-26-10-16-32-63(55)77(64)70-73-65(75-58-27-11-5-21-49(58)50-22-6-12-28-59(50)75)42-66(74-70)76-60-29-13-7-23-51(60)52-24-8-14-30-61(52)76/h1-42H. The molecule has 6 aromatic heterocycles. The van der Waals surface area contributed by atoms with E-state index in [2.05, 4.69) is 273 Å². The Hall–Kier alpha value is -10.7. The van der Waals surface area contributed by atoms with Crippen molar-refractivity contribution in [1.82, 2.24) is 38.2 Å². The van der Waals surface area contributed by atoms with E-state index in [4.69, 9.17) is 19.9 Å². The highest BCUT2D eigenvalue weighted by Gasteiger charge is 2.26. The Morgan fingerprint density at radius 3 is 1.08 bits per heavy atom. The topological polar surface area (TPSA) is 71.3 Å². The molecular formula is C70H42N8. The third kappa shape index (κ3) is 6.22. The fourth-order valence-electron chi connectivity index (χ4n) is 12.5. The van der Waals surface area contributed by atoms with Crippen molar-refractivity contribution in [2.45, 2.75) is 0 Å². The Labute approximate surface area is 445 Å². The molecule has 6 heterocycles. The highest BCUT2D eigenvalue weighted by atomic mass is 15.2. The van der Waals surface area contributed by atoms with Gasteiger partial charge in [0.2, 0.25) is 11.9 Å². The first-order chi connectivity index (χ1) is 38.7. The van der Waals surface area contributed by atoms with Crippen LogP contribution in [-0.4, -0.2) is 38.2 Å². The summed E-state index contributed by atoms with van der Waals surface area (Å²) in [6.45, 7) is 0. The zero-order valence-electron chi connectivity index (χ0n) is 41.8. The average molecular weight is 995 g/mol. The quantitative estimate of drug-likeness (QED) is 0.166. The molecule has 0 saturated carbocycles. The second-order valence-electron chi connectivity index (χ2n) is 20.2. The summed E-state index contributed by atoms with van der Waals surface area (Å²) in [5.74, 6) is 2.65. The summed E-state index contributed by atoms with van der Waals surface area (Å²) >= 11 is 0. The molecule has 0 N–H and O–H groups in total. The molecular weight excluding hydrogens is 953 g/mol. The lowest BCUT2D eigenvalue weighted by Gasteiger charge is -2.15. The van der Waals surface area contributed by atoms with Crippen molar-refractivity contribution in [3.05, 3.63) is 255 Å². The summed E-state index contributed by atoms with van der Waals surface area (Å²) in [6, 6.07) is 90.8. The molecule has 8 heteroatoms. The molecule has 0 radical (unpaired) electrons. The molecule has 0 fully saturated rings. The first-order valence-electron chi connectivity index (χ1n) is 26.4. The molecule has 0 bridgehead atoms. The van der Waals surface area contributed by atoms with E-state index < -0.39 is 0 Å². The SMILES string of the molecule is c1ccc2cc(-c3cc(-c4ccc5ccccc5c4)nc(-n4c5ccccc5c5ccc6c(c7ccccc7n6-c6nc(-n7c8ccccc8c8ccccc87)cc(-n7c8ccccc8c8ccccc87)n6)c54)n3)ccc2c1. The molecule has 0 spiro atoms. The molecule has 0 aliphatic carbocycles. The molecule has 17 aromatic rings. The van der Waals surface area contributed by atoms with Crippen LogP contribution in [-0.2, 0) is 0 Å². The average Bonchev–Trinajstić information content (AvgIpc) is 4.35. The van der Waals surface area contributed by atoms with Gasteiger partial charge >= 0.3 is 0 Å². The lowest BCUT2D eigenvalue weighted by atomic mass is 10.0. The summed E-state index contributed by atoms with van der Waals surface area (Å²) in [7, 11) is 0. The first-order valence-corrected chi connectivity index (χ1v) is 26.4. The minimum atomic E-state index is 0.549. The van der Waals surface area contributed by atoms with Gasteiger partial charge in [0.1, 0.15) is 11.6 Å². The van der Waals surface area contributed by atoms with E-state index in [1.54, 1.807) is 0 Å². The molecule has 362 valence electrons. The molecule has 78 heavy (non-hydrogen) atoms. The molecule has 8 nitrogen and oxygen atoms in total. The second kappa shape index (κ2) is 16.4. The zero-order chi connectivity index (χ0) is 51.0. The number of para-hydroxylation sites is 6. The van der Waals surface area contributed by atoms with E-state index in [1.165, 1.54) is 10.8 Å². The number of hydrogen-bond donors (Lipinski definition) is 0. The summed E-state index contributed by atoms with van der Waals surface area (Å²) in [6.07, 6.45) is 0. The molecule has 0 aliphatic heterocycles. The van der Waals surface area contributed by atoms with E-state index in [9.17, 15) is 0 Å². The molecule has 0 amide bonds. The highest BCUT2D eigenvalue weighted by molar-refractivity contribution is 6.26. The van der Waals surface area contributed by atoms with Gasteiger partial charge in [0.15, 0.2) is 0 Å². The molecule has 0 atom stereocenters. The van der Waals surface area contributed by atoms with Gasteiger partial charge in [0.05, 0.1) is 55.5 Å². The van der Waals surface area contributed by atoms with Crippen molar-refractivity contribution in [1.29, 1.82) is 0 Å².